The summed E-state index contributed by atoms with van der Waals surface area (Å²) in [7, 11) is 0. The minimum atomic E-state index is 0.0997. The second-order valence-corrected chi connectivity index (χ2v) is 5.00. The standard InChI is InChI=1S/C12H23N3/c1-5-8-15-11(13)14-9-12(15,4)7-6-10(2)3/h5,10H,1,6-9H2,2-4H3,(H2,13,14). The smallest absolute Gasteiger partial charge is 0.192 e. The summed E-state index contributed by atoms with van der Waals surface area (Å²) in [6.07, 6.45) is 4.25. The highest BCUT2D eigenvalue weighted by molar-refractivity contribution is 5.81. The zero-order chi connectivity index (χ0) is 11.5. The van der Waals surface area contributed by atoms with Gasteiger partial charge in [0.1, 0.15) is 0 Å². The number of rotatable bonds is 5. The van der Waals surface area contributed by atoms with Crippen LogP contribution in [0.25, 0.3) is 0 Å². The summed E-state index contributed by atoms with van der Waals surface area (Å²) in [5.74, 6) is 1.40. The molecule has 1 atom stereocenters. The predicted molar refractivity (Wildman–Crippen MR) is 65.9 cm³/mol. The van der Waals surface area contributed by atoms with Crippen molar-refractivity contribution in [3.05, 3.63) is 12.7 Å². The molecule has 0 aromatic heterocycles. The van der Waals surface area contributed by atoms with Gasteiger partial charge in [0.2, 0.25) is 0 Å². The Kier molecular flexibility index (Phi) is 3.77. The molecule has 0 bridgehead atoms. The van der Waals surface area contributed by atoms with Crippen molar-refractivity contribution in [2.24, 2.45) is 16.6 Å². The topological polar surface area (TPSA) is 41.6 Å². The fourth-order valence-corrected chi connectivity index (χ4v) is 1.96. The van der Waals surface area contributed by atoms with Crippen LogP contribution in [0, 0.1) is 5.92 Å². The molecule has 3 nitrogen and oxygen atoms in total. The summed E-state index contributed by atoms with van der Waals surface area (Å²) in [5, 5.41) is 0. The molecule has 1 aliphatic rings. The van der Waals surface area contributed by atoms with Crippen LogP contribution in [-0.4, -0.2) is 29.5 Å². The second kappa shape index (κ2) is 4.69. The Labute approximate surface area is 93.1 Å². The average Bonchev–Trinajstić information content (AvgIpc) is 2.45. The predicted octanol–water partition coefficient (Wildman–Crippen LogP) is 2.00. The van der Waals surface area contributed by atoms with Crippen molar-refractivity contribution in [3.63, 3.8) is 0 Å². The van der Waals surface area contributed by atoms with Crippen molar-refractivity contribution in [2.45, 2.75) is 39.2 Å². The molecule has 0 aliphatic carbocycles. The van der Waals surface area contributed by atoms with E-state index in [1.54, 1.807) is 0 Å². The van der Waals surface area contributed by atoms with Crippen LogP contribution in [0.15, 0.2) is 17.6 Å². The van der Waals surface area contributed by atoms with Crippen LogP contribution >= 0.6 is 0 Å². The zero-order valence-corrected chi connectivity index (χ0v) is 10.2. The van der Waals surface area contributed by atoms with Gasteiger partial charge in [-0.2, -0.15) is 0 Å². The minimum Gasteiger partial charge on any atom is -0.370 e. The van der Waals surface area contributed by atoms with E-state index in [4.69, 9.17) is 5.73 Å². The number of nitrogens with two attached hydrogens (primary N) is 1. The summed E-state index contributed by atoms with van der Waals surface area (Å²) in [5.41, 5.74) is 5.97. The van der Waals surface area contributed by atoms with Crippen LogP contribution in [0.4, 0.5) is 0 Å². The summed E-state index contributed by atoms with van der Waals surface area (Å²) in [6, 6.07) is 0. The molecule has 1 aliphatic heterocycles. The maximum atomic E-state index is 5.88. The van der Waals surface area contributed by atoms with E-state index < -0.39 is 0 Å². The van der Waals surface area contributed by atoms with E-state index in [-0.39, 0.29) is 5.54 Å². The molecule has 0 saturated carbocycles. The van der Waals surface area contributed by atoms with E-state index in [2.05, 4.69) is 37.2 Å². The molecule has 2 N–H and O–H groups in total. The first-order chi connectivity index (χ1) is 6.99. The molecular formula is C12H23N3. The monoisotopic (exact) mass is 209 g/mol. The Balaban J connectivity index is 2.63. The van der Waals surface area contributed by atoms with Gasteiger partial charge in [-0.15, -0.1) is 6.58 Å². The quantitative estimate of drug-likeness (QED) is 0.704. The van der Waals surface area contributed by atoms with Crippen LogP contribution in [0.5, 0.6) is 0 Å². The number of nitrogens with zero attached hydrogens (tertiary/aromatic N) is 2. The summed E-state index contributed by atoms with van der Waals surface area (Å²) in [6.45, 7) is 12.1. The van der Waals surface area contributed by atoms with Crippen LogP contribution in [0.3, 0.4) is 0 Å². The van der Waals surface area contributed by atoms with E-state index in [0.29, 0.717) is 5.96 Å². The van der Waals surface area contributed by atoms with Gasteiger partial charge < -0.3 is 10.6 Å². The van der Waals surface area contributed by atoms with E-state index >= 15 is 0 Å². The molecule has 0 spiro atoms. The molecule has 0 fully saturated rings. The second-order valence-electron chi connectivity index (χ2n) is 5.00. The van der Waals surface area contributed by atoms with Gasteiger partial charge in [0, 0.05) is 6.54 Å². The van der Waals surface area contributed by atoms with Crippen LogP contribution in [-0.2, 0) is 0 Å². The van der Waals surface area contributed by atoms with Crippen LogP contribution in [0.1, 0.15) is 33.6 Å². The Morgan fingerprint density at radius 3 is 2.87 bits per heavy atom. The molecule has 1 unspecified atom stereocenters. The van der Waals surface area contributed by atoms with Gasteiger partial charge in [0.25, 0.3) is 0 Å². The largest absolute Gasteiger partial charge is 0.370 e. The Morgan fingerprint density at radius 2 is 2.33 bits per heavy atom. The summed E-state index contributed by atoms with van der Waals surface area (Å²) >= 11 is 0. The fraction of sp³-hybridized carbons (Fsp3) is 0.750. The summed E-state index contributed by atoms with van der Waals surface area (Å²) < 4.78 is 0. The van der Waals surface area contributed by atoms with Gasteiger partial charge in [0.05, 0.1) is 12.1 Å². The van der Waals surface area contributed by atoms with Gasteiger partial charge >= 0.3 is 0 Å². The molecule has 0 aromatic carbocycles. The molecule has 0 radical (unpaired) electrons. The summed E-state index contributed by atoms with van der Waals surface area (Å²) in [4.78, 5) is 6.51. The van der Waals surface area contributed by atoms with Gasteiger partial charge in [-0.25, -0.2) is 0 Å². The molecule has 1 rings (SSSR count). The molecule has 0 amide bonds. The van der Waals surface area contributed by atoms with E-state index in [1.807, 2.05) is 6.08 Å². The van der Waals surface area contributed by atoms with E-state index in [1.165, 1.54) is 6.42 Å². The maximum Gasteiger partial charge on any atom is 0.192 e. The number of guanidine groups is 1. The van der Waals surface area contributed by atoms with Crippen molar-refractivity contribution in [1.29, 1.82) is 0 Å². The zero-order valence-electron chi connectivity index (χ0n) is 10.2. The highest BCUT2D eigenvalue weighted by Gasteiger charge is 2.36. The number of hydrogen-bond donors (Lipinski definition) is 1. The normalized spacial score (nSPS) is 25.9. The number of aliphatic imine (C=N–C) groups is 1. The minimum absolute atomic E-state index is 0.0997. The molecule has 15 heavy (non-hydrogen) atoms. The third-order valence-corrected chi connectivity index (χ3v) is 3.08. The number of hydrogen-bond acceptors (Lipinski definition) is 3. The first kappa shape index (κ1) is 12.1. The van der Waals surface area contributed by atoms with Crippen LogP contribution < -0.4 is 5.73 Å². The van der Waals surface area contributed by atoms with Crippen molar-refractivity contribution < 1.29 is 0 Å². The van der Waals surface area contributed by atoms with Crippen LogP contribution in [0.2, 0.25) is 0 Å². The molecule has 0 aromatic rings. The molecular weight excluding hydrogens is 186 g/mol. The SMILES string of the molecule is C=CCN1C(N)=NCC1(C)CCC(C)C. The van der Waals surface area contributed by atoms with E-state index in [0.717, 1.165) is 25.4 Å². The van der Waals surface area contributed by atoms with Crippen molar-refractivity contribution in [2.75, 3.05) is 13.1 Å². The Hall–Kier alpha value is -0.990. The highest BCUT2D eigenvalue weighted by Crippen LogP contribution is 2.27. The Bertz CT molecular complexity index is 258. The van der Waals surface area contributed by atoms with Gasteiger partial charge in [-0.3, -0.25) is 4.99 Å². The molecule has 0 saturated heterocycles. The maximum absolute atomic E-state index is 5.88. The van der Waals surface area contributed by atoms with Gasteiger partial charge in [-0.05, 0) is 25.7 Å². The van der Waals surface area contributed by atoms with Crippen molar-refractivity contribution in [3.8, 4) is 0 Å². The van der Waals surface area contributed by atoms with Crippen molar-refractivity contribution in [1.82, 2.24) is 4.90 Å². The lowest BCUT2D eigenvalue weighted by Gasteiger charge is -2.36. The first-order valence-corrected chi connectivity index (χ1v) is 5.68. The van der Waals surface area contributed by atoms with Crippen molar-refractivity contribution >= 4 is 5.96 Å². The van der Waals surface area contributed by atoms with Gasteiger partial charge in [0.15, 0.2) is 5.96 Å². The molecule has 1 heterocycles. The lowest BCUT2D eigenvalue weighted by atomic mass is 9.91. The third-order valence-electron chi connectivity index (χ3n) is 3.08. The third kappa shape index (κ3) is 2.74. The fourth-order valence-electron chi connectivity index (χ4n) is 1.96. The molecule has 86 valence electrons. The molecule has 3 heteroatoms. The lowest BCUT2D eigenvalue weighted by molar-refractivity contribution is 0.212. The highest BCUT2D eigenvalue weighted by atomic mass is 15.3. The lowest BCUT2D eigenvalue weighted by Crippen LogP contribution is -2.49. The van der Waals surface area contributed by atoms with E-state index in [9.17, 15) is 0 Å². The van der Waals surface area contributed by atoms with Gasteiger partial charge in [-0.1, -0.05) is 19.9 Å². The Morgan fingerprint density at radius 1 is 1.67 bits per heavy atom. The first-order valence-electron chi connectivity index (χ1n) is 5.68. The average molecular weight is 209 g/mol.